The first-order chi connectivity index (χ1) is 11.5. The Morgan fingerprint density at radius 3 is 2.64 bits per heavy atom. The second-order valence-electron chi connectivity index (χ2n) is 8.72. The Labute approximate surface area is 169 Å². The average Bonchev–Trinajstić information content (AvgIpc) is 2.94. The van der Waals surface area contributed by atoms with Crippen molar-refractivity contribution in [1.29, 1.82) is 0 Å². The molecule has 144 valence electrons. The molecule has 4 fully saturated rings. The van der Waals surface area contributed by atoms with Gasteiger partial charge in [0.2, 0.25) is 0 Å². The molecule has 1 heterocycles. The summed E-state index contributed by atoms with van der Waals surface area (Å²) in [6, 6.07) is 0.962. The van der Waals surface area contributed by atoms with Crippen LogP contribution in [0.15, 0.2) is 4.99 Å². The zero-order chi connectivity index (χ0) is 16.9. The molecule has 0 radical (unpaired) electrons. The van der Waals surface area contributed by atoms with Crippen LogP contribution >= 0.6 is 24.0 Å². The van der Waals surface area contributed by atoms with Gasteiger partial charge in [-0.2, -0.15) is 0 Å². The van der Waals surface area contributed by atoms with E-state index < -0.39 is 0 Å². The number of nitrogens with zero attached hydrogens (tertiary/aromatic N) is 1. The van der Waals surface area contributed by atoms with E-state index in [1.807, 2.05) is 7.05 Å². The maximum Gasteiger partial charge on any atom is 0.191 e. The molecule has 25 heavy (non-hydrogen) atoms. The van der Waals surface area contributed by atoms with Crippen molar-refractivity contribution < 1.29 is 9.47 Å². The van der Waals surface area contributed by atoms with Gasteiger partial charge in [0.25, 0.3) is 0 Å². The standard InChI is InChI=1S/C19H33N3O2.HI/c1-5-23-14-11-13(19(14)8-6-9-19)21-17(20-4)22-15-12-7-10-24-16(12)18(15,2)3;/h12-16H,5-11H2,1-4H3,(H2,20,21,22);1H. The van der Waals surface area contributed by atoms with E-state index in [4.69, 9.17) is 9.47 Å². The van der Waals surface area contributed by atoms with Crippen LogP contribution in [0.2, 0.25) is 0 Å². The van der Waals surface area contributed by atoms with Crippen LogP contribution in [0.5, 0.6) is 0 Å². The van der Waals surface area contributed by atoms with Gasteiger partial charge in [-0.25, -0.2) is 0 Å². The van der Waals surface area contributed by atoms with Crippen molar-refractivity contribution in [3.05, 3.63) is 0 Å². The maximum atomic E-state index is 5.97. The summed E-state index contributed by atoms with van der Waals surface area (Å²) in [4.78, 5) is 4.52. The summed E-state index contributed by atoms with van der Waals surface area (Å²) in [5.74, 6) is 1.60. The van der Waals surface area contributed by atoms with Gasteiger partial charge in [-0.1, -0.05) is 20.3 Å². The van der Waals surface area contributed by atoms with Crippen LogP contribution in [0, 0.1) is 16.7 Å². The van der Waals surface area contributed by atoms with E-state index in [2.05, 4.69) is 36.4 Å². The summed E-state index contributed by atoms with van der Waals surface area (Å²) in [6.45, 7) is 8.46. The fourth-order valence-corrected chi connectivity index (χ4v) is 5.74. The number of fused-ring (bicyclic) bond motifs is 1. The van der Waals surface area contributed by atoms with Crippen LogP contribution in [0.25, 0.3) is 0 Å². The molecular formula is C19H34IN3O2. The largest absolute Gasteiger partial charge is 0.378 e. The normalized spacial score (nSPS) is 40.2. The number of guanidine groups is 1. The SMILES string of the molecule is CCOC1CC(NC(=NC)NC2C3CCOC3C2(C)C)C12CCC2.I. The number of hydrogen-bond donors (Lipinski definition) is 2. The Hall–Kier alpha value is -0.0800. The molecule has 4 rings (SSSR count). The van der Waals surface area contributed by atoms with Crippen molar-refractivity contribution in [2.45, 2.75) is 77.2 Å². The van der Waals surface area contributed by atoms with Crippen molar-refractivity contribution in [1.82, 2.24) is 10.6 Å². The minimum absolute atomic E-state index is 0. The number of halogens is 1. The molecule has 0 bridgehead atoms. The third-order valence-electron chi connectivity index (χ3n) is 7.36. The summed E-state index contributed by atoms with van der Waals surface area (Å²) < 4.78 is 11.9. The lowest BCUT2D eigenvalue weighted by Crippen LogP contribution is -2.72. The molecule has 2 N–H and O–H groups in total. The minimum Gasteiger partial charge on any atom is -0.378 e. The lowest BCUT2D eigenvalue weighted by molar-refractivity contribution is -0.168. The van der Waals surface area contributed by atoms with Gasteiger partial charge in [-0.15, -0.1) is 24.0 Å². The molecule has 5 nitrogen and oxygen atoms in total. The smallest absolute Gasteiger partial charge is 0.191 e. The van der Waals surface area contributed by atoms with E-state index >= 15 is 0 Å². The van der Waals surface area contributed by atoms with Gasteiger partial charge in [0.1, 0.15) is 0 Å². The van der Waals surface area contributed by atoms with E-state index in [9.17, 15) is 0 Å². The summed E-state index contributed by atoms with van der Waals surface area (Å²) in [5.41, 5.74) is 0.544. The van der Waals surface area contributed by atoms with Crippen molar-refractivity contribution in [2.24, 2.45) is 21.7 Å². The number of nitrogens with one attached hydrogen (secondary N) is 2. The summed E-state index contributed by atoms with van der Waals surface area (Å²) in [7, 11) is 1.88. The van der Waals surface area contributed by atoms with Crippen LogP contribution < -0.4 is 10.6 Å². The second kappa shape index (κ2) is 7.15. The van der Waals surface area contributed by atoms with Gasteiger partial charge in [0.15, 0.2) is 5.96 Å². The first-order valence-corrected chi connectivity index (χ1v) is 9.76. The fourth-order valence-electron chi connectivity index (χ4n) is 5.74. The number of aliphatic imine (C=N–C) groups is 1. The third-order valence-corrected chi connectivity index (χ3v) is 7.36. The molecule has 0 amide bonds. The van der Waals surface area contributed by atoms with Crippen molar-refractivity contribution in [2.75, 3.05) is 20.3 Å². The molecule has 1 saturated heterocycles. The predicted molar refractivity (Wildman–Crippen MR) is 111 cm³/mol. The first kappa shape index (κ1) is 19.7. The van der Waals surface area contributed by atoms with E-state index in [0.717, 1.165) is 25.6 Å². The monoisotopic (exact) mass is 463 g/mol. The van der Waals surface area contributed by atoms with Crippen LogP contribution in [-0.2, 0) is 9.47 Å². The van der Waals surface area contributed by atoms with Gasteiger partial charge in [-0.3, -0.25) is 4.99 Å². The molecule has 5 atom stereocenters. The summed E-state index contributed by atoms with van der Waals surface area (Å²) >= 11 is 0. The lowest BCUT2D eigenvalue weighted by atomic mass is 9.51. The topological polar surface area (TPSA) is 54.9 Å². The predicted octanol–water partition coefficient (Wildman–Crippen LogP) is 2.93. The van der Waals surface area contributed by atoms with Crippen LogP contribution in [-0.4, -0.2) is 50.5 Å². The summed E-state index contributed by atoms with van der Waals surface area (Å²) in [5, 5.41) is 7.43. The Morgan fingerprint density at radius 1 is 1.28 bits per heavy atom. The molecule has 5 unspecified atom stereocenters. The maximum absolute atomic E-state index is 5.97. The Bertz CT molecular complexity index is 521. The molecule has 3 aliphatic carbocycles. The molecular weight excluding hydrogens is 429 g/mol. The highest BCUT2D eigenvalue weighted by Crippen LogP contribution is 2.57. The molecule has 0 aromatic heterocycles. The van der Waals surface area contributed by atoms with Gasteiger partial charge >= 0.3 is 0 Å². The third kappa shape index (κ3) is 2.90. The number of hydrogen-bond acceptors (Lipinski definition) is 3. The van der Waals surface area contributed by atoms with Crippen LogP contribution in [0.1, 0.15) is 52.9 Å². The molecule has 0 aromatic rings. The Kier molecular flexibility index (Phi) is 5.63. The minimum atomic E-state index is 0. The summed E-state index contributed by atoms with van der Waals surface area (Å²) in [6.07, 6.45) is 7.06. The molecule has 4 aliphatic rings. The van der Waals surface area contributed by atoms with Gasteiger partial charge < -0.3 is 20.1 Å². The van der Waals surface area contributed by atoms with E-state index in [0.29, 0.717) is 35.6 Å². The van der Waals surface area contributed by atoms with E-state index in [-0.39, 0.29) is 29.4 Å². The molecule has 6 heteroatoms. The lowest BCUT2D eigenvalue weighted by Gasteiger charge is -2.61. The fraction of sp³-hybridized carbons (Fsp3) is 0.947. The highest BCUT2D eigenvalue weighted by Gasteiger charge is 2.61. The van der Waals surface area contributed by atoms with E-state index in [1.54, 1.807) is 0 Å². The van der Waals surface area contributed by atoms with Gasteiger partial charge in [-0.05, 0) is 32.6 Å². The average molecular weight is 463 g/mol. The van der Waals surface area contributed by atoms with Crippen LogP contribution in [0.3, 0.4) is 0 Å². The van der Waals surface area contributed by atoms with E-state index in [1.165, 1.54) is 25.7 Å². The van der Waals surface area contributed by atoms with Crippen molar-refractivity contribution in [3.8, 4) is 0 Å². The molecule has 1 aliphatic heterocycles. The number of ether oxygens (including phenoxy) is 2. The zero-order valence-corrected chi connectivity index (χ0v) is 18.3. The quantitative estimate of drug-likeness (QED) is 0.383. The zero-order valence-electron chi connectivity index (χ0n) is 16.0. The molecule has 0 aromatic carbocycles. The van der Waals surface area contributed by atoms with Gasteiger partial charge in [0, 0.05) is 49.1 Å². The first-order valence-electron chi connectivity index (χ1n) is 9.76. The highest BCUT2D eigenvalue weighted by atomic mass is 127. The second-order valence-corrected chi connectivity index (χ2v) is 8.72. The van der Waals surface area contributed by atoms with Gasteiger partial charge in [0.05, 0.1) is 12.2 Å². The molecule has 1 spiro atoms. The van der Waals surface area contributed by atoms with Crippen molar-refractivity contribution in [3.63, 3.8) is 0 Å². The van der Waals surface area contributed by atoms with Crippen LogP contribution in [0.4, 0.5) is 0 Å². The van der Waals surface area contributed by atoms with Crippen molar-refractivity contribution >= 4 is 29.9 Å². The highest BCUT2D eigenvalue weighted by molar-refractivity contribution is 14.0. The number of rotatable bonds is 4. The Balaban J connectivity index is 0.00000182. The molecule has 3 saturated carbocycles. The Morgan fingerprint density at radius 2 is 2.04 bits per heavy atom.